The lowest BCUT2D eigenvalue weighted by Crippen LogP contribution is -2.63. The maximum atomic E-state index is 13.4. The first-order valence-corrected chi connectivity index (χ1v) is 9.35. The van der Waals surface area contributed by atoms with Crippen molar-refractivity contribution in [1.82, 2.24) is 0 Å². The summed E-state index contributed by atoms with van der Waals surface area (Å²) >= 11 is 0. The van der Waals surface area contributed by atoms with Crippen LogP contribution in [0.3, 0.4) is 0 Å². The average Bonchev–Trinajstić information content (AvgIpc) is 2.67. The number of rotatable bonds is 3. The van der Waals surface area contributed by atoms with Crippen molar-refractivity contribution in [2.75, 3.05) is 4.90 Å². The number of para-hydroxylation sites is 1. The summed E-state index contributed by atoms with van der Waals surface area (Å²) in [6.45, 7) is 0. The Labute approximate surface area is 153 Å². The van der Waals surface area contributed by atoms with Gasteiger partial charge in [-0.05, 0) is 37.0 Å². The molecule has 1 saturated heterocycles. The molecular weight excluding hydrogens is 326 g/mol. The molecule has 0 radical (unpaired) electrons. The van der Waals surface area contributed by atoms with Gasteiger partial charge in [0.15, 0.2) is 5.72 Å². The van der Waals surface area contributed by atoms with Gasteiger partial charge in [0.25, 0.3) is 0 Å². The van der Waals surface area contributed by atoms with Gasteiger partial charge in [0.2, 0.25) is 5.91 Å². The SMILES string of the molecule is O=C1OC2(CCCCC2)N(c2ccccc2)C(=O)[C@H]1Cc1ccccc1. The summed E-state index contributed by atoms with van der Waals surface area (Å²) in [6.07, 6.45) is 4.83. The van der Waals surface area contributed by atoms with Crippen molar-refractivity contribution in [3.63, 3.8) is 0 Å². The summed E-state index contributed by atoms with van der Waals surface area (Å²) in [5.74, 6) is -1.31. The Morgan fingerprint density at radius 2 is 1.50 bits per heavy atom. The lowest BCUT2D eigenvalue weighted by atomic mass is 9.85. The van der Waals surface area contributed by atoms with E-state index in [-0.39, 0.29) is 11.9 Å². The van der Waals surface area contributed by atoms with E-state index >= 15 is 0 Å². The Hall–Kier alpha value is -2.62. The van der Waals surface area contributed by atoms with Crippen LogP contribution >= 0.6 is 0 Å². The number of hydrogen-bond donors (Lipinski definition) is 0. The molecule has 4 nitrogen and oxygen atoms in total. The molecule has 0 unspecified atom stereocenters. The summed E-state index contributed by atoms with van der Waals surface area (Å²) in [6, 6.07) is 19.3. The summed E-state index contributed by atoms with van der Waals surface area (Å²) in [5.41, 5.74) is 0.960. The third-order valence-electron chi connectivity index (χ3n) is 5.43. The fourth-order valence-corrected chi connectivity index (χ4v) is 4.15. The van der Waals surface area contributed by atoms with Crippen molar-refractivity contribution < 1.29 is 14.3 Å². The first-order valence-electron chi connectivity index (χ1n) is 9.35. The van der Waals surface area contributed by atoms with Gasteiger partial charge in [-0.3, -0.25) is 14.5 Å². The molecule has 2 aliphatic rings. The standard InChI is InChI=1S/C22H23NO3/c24-20-19(16-17-10-4-1-5-11-17)21(25)26-22(14-8-3-9-15-22)23(20)18-12-6-2-7-13-18/h1-2,4-7,10-13,19H,3,8-9,14-16H2/t19-/m1/s1. The van der Waals surface area contributed by atoms with E-state index in [0.717, 1.165) is 30.5 Å². The zero-order valence-corrected chi connectivity index (χ0v) is 14.8. The van der Waals surface area contributed by atoms with Crippen LogP contribution in [0.5, 0.6) is 0 Å². The van der Waals surface area contributed by atoms with Crippen molar-refractivity contribution in [2.45, 2.75) is 44.2 Å². The zero-order chi connectivity index (χ0) is 18.0. The number of benzene rings is 2. The first kappa shape index (κ1) is 16.8. The fraction of sp³-hybridized carbons (Fsp3) is 0.364. The molecule has 2 fully saturated rings. The highest BCUT2D eigenvalue weighted by Gasteiger charge is 2.53. The minimum absolute atomic E-state index is 0.141. The summed E-state index contributed by atoms with van der Waals surface area (Å²) in [4.78, 5) is 28.0. The number of esters is 1. The molecule has 1 aliphatic carbocycles. The van der Waals surface area contributed by atoms with Crippen LogP contribution in [-0.4, -0.2) is 17.6 Å². The Kier molecular flexibility index (Phi) is 4.49. The van der Waals surface area contributed by atoms with Crippen molar-refractivity contribution in [3.8, 4) is 0 Å². The Morgan fingerprint density at radius 3 is 2.15 bits per heavy atom. The maximum absolute atomic E-state index is 13.4. The third kappa shape index (κ3) is 3.00. The molecule has 2 aromatic rings. The van der Waals surface area contributed by atoms with Crippen LogP contribution in [0.25, 0.3) is 0 Å². The van der Waals surface area contributed by atoms with Crippen LogP contribution in [0.15, 0.2) is 60.7 Å². The zero-order valence-electron chi connectivity index (χ0n) is 14.8. The number of amides is 1. The van der Waals surface area contributed by atoms with Crippen molar-refractivity contribution >= 4 is 17.6 Å². The molecule has 0 aromatic heterocycles. The van der Waals surface area contributed by atoms with Gasteiger partial charge in [-0.1, -0.05) is 55.0 Å². The number of hydrogen-bond acceptors (Lipinski definition) is 3. The van der Waals surface area contributed by atoms with Crippen LogP contribution in [0.2, 0.25) is 0 Å². The third-order valence-corrected chi connectivity index (χ3v) is 5.43. The minimum Gasteiger partial charge on any atom is -0.438 e. The molecule has 134 valence electrons. The number of carbonyl (C=O) groups is 2. The van der Waals surface area contributed by atoms with Gasteiger partial charge in [0, 0.05) is 18.5 Å². The predicted molar refractivity (Wildman–Crippen MR) is 99.5 cm³/mol. The molecule has 2 aromatic carbocycles. The maximum Gasteiger partial charge on any atom is 0.320 e. The van der Waals surface area contributed by atoms with Crippen LogP contribution in [0.4, 0.5) is 5.69 Å². The van der Waals surface area contributed by atoms with Gasteiger partial charge in [-0.25, -0.2) is 0 Å². The molecule has 1 heterocycles. The lowest BCUT2D eigenvalue weighted by Gasteiger charge is -2.49. The summed E-state index contributed by atoms with van der Waals surface area (Å²) in [5, 5.41) is 0. The normalized spacial score (nSPS) is 22.3. The van der Waals surface area contributed by atoms with E-state index in [1.807, 2.05) is 60.7 Å². The Morgan fingerprint density at radius 1 is 0.885 bits per heavy atom. The van der Waals surface area contributed by atoms with E-state index in [0.29, 0.717) is 19.3 Å². The molecule has 4 rings (SSSR count). The smallest absolute Gasteiger partial charge is 0.320 e. The number of anilines is 1. The molecule has 1 amide bonds. The van der Waals surface area contributed by atoms with E-state index in [9.17, 15) is 9.59 Å². The van der Waals surface area contributed by atoms with E-state index in [1.54, 1.807) is 4.90 Å². The second-order valence-electron chi connectivity index (χ2n) is 7.18. The molecule has 1 saturated carbocycles. The number of nitrogens with zero attached hydrogens (tertiary/aromatic N) is 1. The average molecular weight is 349 g/mol. The topological polar surface area (TPSA) is 46.6 Å². The van der Waals surface area contributed by atoms with E-state index in [1.165, 1.54) is 0 Å². The van der Waals surface area contributed by atoms with Crippen LogP contribution < -0.4 is 4.90 Å². The first-order chi connectivity index (χ1) is 12.7. The second-order valence-corrected chi connectivity index (χ2v) is 7.18. The molecule has 0 N–H and O–H groups in total. The predicted octanol–water partition coefficient (Wildman–Crippen LogP) is 4.10. The second kappa shape index (κ2) is 6.94. The largest absolute Gasteiger partial charge is 0.438 e. The summed E-state index contributed by atoms with van der Waals surface area (Å²) < 4.78 is 6.00. The quantitative estimate of drug-likeness (QED) is 0.619. The summed E-state index contributed by atoms with van der Waals surface area (Å²) in [7, 11) is 0. The van der Waals surface area contributed by atoms with Crippen molar-refractivity contribution in [1.29, 1.82) is 0 Å². The lowest BCUT2D eigenvalue weighted by molar-refractivity contribution is -0.180. The van der Waals surface area contributed by atoms with Crippen molar-refractivity contribution in [3.05, 3.63) is 66.2 Å². The minimum atomic E-state index is -0.818. The highest BCUT2D eigenvalue weighted by molar-refractivity contribution is 6.09. The van der Waals surface area contributed by atoms with Gasteiger partial charge >= 0.3 is 5.97 Å². The van der Waals surface area contributed by atoms with Gasteiger partial charge in [0.1, 0.15) is 5.92 Å². The van der Waals surface area contributed by atoms with E-state index in [2.05, 4.69) is 0 Å². The van der Waals surface area contributed by atoms with Crippen molar-refractivity contribution in [2.24, 2.45) is 5.92 Å². The number of ether oxygens (including phenoxy) is 1. The van der Waals surface area contributed by atoms with Crippen LogP contribution in [0.1, 0.15) is 37.7 Å². The molecule has 26 heavy (non-hydrogen) atoms. The molecule has 1 spiro atoms. The molecule has 4 heteroatoms. The Balaban J connectivity index is 1.70. The van der Waals surface area contributed by atoms with Crippen LogP contribution in [-0.2, 0) is 20.7 Å². The number of carbonyl (C=O) groups excluding carboxylic acids is 2. The fourth-order valence-electron chi connectivity index (χ4n) is 4.15. The van der Waals surface area contributed by atoms with E-state index < -0.39 is 11.6 Å². The molecule has 1 atom stereocenters. The Bertz CT molecular complexity index is 782. The monoisotopic (exact) mass is 349 g/mol. The molecule has 0 bridgehead atoms. The molecule has 1 aliphatic heterocycles. The highest BCUT2D eigenvalue weighted by atomic mass is 16.6. The van der Waals surface area contributed by atoms with Crippen LogP contribution in [0, 0.1) is 5.92 Å². The van der Waals surface area contributed by atoms with E-state index in [4.69, 9.17) is 4.74 Å². The molecular formula is C22H23NO3. The van der Waals surface area contributed by atoms with Gasteiger partial charge in [-0.15, -0.1) is 0 Å². The van der Waals surface area contributed by atoms with Gasteiger partial charge < -0.3 is 4.74 Å². The highest BCUT2D eigenvalue weighted by Crippen LogP contribution is 2.42. The van der Waals surface area contributed by atoms with Gasteiger partial charge in [0.05, 0.1) is 0 Å². The van der Waals surface area contributed by atoms with Gasteiger partial charge in [-0.2, -0.15) is 0 Å².